The van der Waals surface area contributed by atoms with Gasteiger partial charge in [-0.15, -0.1) is 11.3 Å². The Kier molecular flexibility index (Phi) is 5.31. The molecule has 1 amide bonds. The first-order valence-electron chi connectivity index (χ1n) is 9.10. The van der Waals surface area contributed by atoms with Crippen molar-refractivity contribution in [3.8, 4) is 10.8 Å². The van der Waals surface area contributed by atoms with E-state index in [4.69, 9.17) is 4.42 Å². The molecule has 0 aliphatic carbocycles. The topological polar surface area (TPSA) is 101 Å². The number of nitrogens with zero attached hydrogens (tertiary/aromatic N) is 1. The van der Waals surface area contributed by atoms with E-state index in [1.165, 1.54) is 6.07 Å². The van der Waals surface area contributed by atoms with Crippen molar-refractivity contribution < 1.29 is 17.6 Å². The van der Waals surface area contributed by atoms with Crippen molar-refractivity contribution >= 4 is 43.2 Å². The van der Waals surface area contributed by atoms with Crippen LogP contribution in [0.3, 0.4) is 0 Å². The number of para-hydroxylation sites is 1. The molecular weight excluding hydrogens is 422 g/mol. The van der Waals surface area contributed by atoms with Crippen LogP contribution in [0.1, 0.15) is 21.7 Å². The maximum atomic E-state index is 12.5. The van der Waals surface area contributed by atoms with Crippen LogP contribution >= 0.6 is 11.3 Å². The minimum absolute atomic E-state index is 0.201. The summed E-state index contributed by atoms with van der Waals surface area (Å²) in [6.45, 7) is 1.97. The Morgan fingerprint density at radius 1 is 1.13 bits per heavy atom. The number of fused-ring (bicyclic) bond motifs is 1. The lowest BCUT2D eigenvalue weighted by Gasteiger charge is -2.10. The molecule has 2 aromatic carbocycles. The number of amides is 1. The Labute approximate surface area is 177 Å². The highest BCUT2D eigenvalue weighted by Crippen LogP contribution is 2.31. The number of hydrogen-bond acceptors (Lipinski definition) is 6. The average molecular weight is 442 g/mol. The fourth-order valence-electron chi connectivity index (χ4n) is 2.91. The van der Waals surface area contributed by atoms with Crippen molar-refractivity contribution in [1.29, 1.82) is 0 Å². The summed E-state index contributed by atoms with van der Waals surface area (Å²) in [7, 11) is -3.43. The molecule has 0 saturated carbocycles. The van der Waals surface area contributed by atoms with Crippen molar-refractivity contribution in [2.75, 3.05) is 11.0 Å². The van der Waals surface area contributed by atoms with E-state index < -0.39 is 10.0 Å². The molecule has 2 N–H and O–H groups in total. The van der Waals surface area contributed by atoms with E-state index in [1.54, 1.807) is 36.5 Å². The molecule has 154 valence electrons. The van der Waals surface area contributed by atoms with Crippen LogP contribution in [0.15, 0.2) is 59.0 Å². The first-order chi connectivity index (χ1) is 14.3. The van der Waals surface area contributed by atoms with Gasteiger partial charge >= 0.3 is 0 Å². The van der Waals surface area contributed by atoms with Gasteiger partial charge in [-0.05, 0) is 48.9 Å². The summed E-state index contributed by atoms with van der Waals surface area (Å²) in [5.74, 6) is 0.916. The Hall–Kier alpha value is -3.17. The van der Waals surface area contributed by atoms with E-state index in [-0.39, 0.29) is 12.5 Å². The zero-order chi connectivity index (χ0) is 21.3. The standard InChI is InChI=1S/C21H19N3O4S2/c1-13-7-8-14(11-17(13)24-30(2,26)27)20(25)22-12-15-9-10-18(28-15)21-23-16-5-3-4-6-19(16)29-21/h3-11,24H,12H2,1-2H3,(H,22,25). The number of furan rings is 1. The zero-order valence-electron chi connectivity index (χ0n) is 16.3. The number of rotatable bonds is 6. The number of nitrogens with one attached hydrogen (secondary N) is 2. The normalized spacial score (nSPS) is 11.5. The number of anilines is 1. The van der Waals surface area contributed by atoms with Crippen LogP contribution in [0.2, 0.25) is 0 Å². The molecule has 0 spiro atoms. The molecule has 30 heavy (non-hydrogen) atoms. The summed E-state index contributed by atoms with van der Waals surface area (Å²) >= 11 is 1.54. The summed E-state index contributed by atoms with van der Waals surface area (Å²) in [4.78, 5) is 17.1. The van der Waals surface area contributed by atoms with Crippen molar-refractivity contribution in [2.45, 2.75) is 13.5 Å². The van der Waals surface area contributed by atoms with Crippen LogP contribution in [-0.2, 0) is 16.6 Å². The molecule has 2 aromatic heterocycles. The Balaban J connectivity index is 1.45. The third kappa shape index (κ3) is 4.52. The molecule has 4 rings (SSSR count). The summed E-state index contributed by atoms with van der Waals surface area (Å²) < 4.78 is 32.3. The van der Waals surface area contributed by atoms with Crippen LogP contribution in [0.5, 0.6) is 0 Å². The van der Waals surface area contributed by atoms with Gasteiger partial charge in [0.1, 0.15) is 5.76 Å². The van der Waals surface area contributed by atoms with E-state index in [9.17, 15) is 13.2 Å². The molecule has 9 heteroatoms. The minimum atomic E-state index is -3.43. The zero-order valence-corrected chi connectivity index (χ0v) is 17.9. The molecule has 4 aromatic rings. The number of sulfonamides is 1. The molecule has 0 bridgehead atoms. The second-order valence-electron chi connectivity index (χ2n) is 6.84. The predicted molar refractivity (Wildman–Crippen MR) is 118 cm³/mol. The van der Waals surface area contributed by atoms with E-state index in [0.717, 1.165) is 27.0 Å². The second kappa shape index (κ2) is 7.92. The second-order valence-corrected chi connectivity index (χ2v) is 9.62. The van der Waals surface area contributed by atoms with Crippen LogP contribution < -0.4 is 10.0 Å². The number of hydrogen-bond donors (Lipinski definition) is 2. The molecular formula is C21H19N3O4S2. The molecule has 7 nitrogen and oxygen atoms in total. The van der Waals surface area contributed by atoms with Crippen LogP contribution in [0, 0.1) is 6.92 Å². The first-order valence-corrected chi connectivity index (χ1v) is 11.8. The first kappa shape index (κ1) is 20.1. The van der Waals surface area contributed by atoms with Gasteiger partial charge in [-0.2, -0.15) is 0 Å². The summed E-state index contributed by atoms with van der Waals surface area (Å²) in [6.07, 6.45) is 1.07. The van der Waals surface area contributed by atoms with Crippen LogP contribution in [0.25, 0.3) is 21.0 Å². The number of thiazole rings is 1. The molecule has 0 atom stereocenters. The van der Waals surface area contributed by atoms with Crippen LogP contribution in [-0.4, -0.2) is 25.6 Å². The summed E-state index contributed by atoms with van der Waals surface area (Å²) in [6, 6.07) is 16.4. The van der Waals surface area contributed by atoms with Gasteiger partial charge in [0.15, 0.2) is 10.8 Å². The van der Waals surface area contributed by atoms with Crippen molar-refractivity contribution in [1.82, 2.24) is 10.3 Å². The lowest BCUT2D eigenvalue weighted by molar-refractivity contribution is 0.0948. The Morgan fingerprint density at radius 2 is 1.93 bits per heavy atom. The SMILES string of the molecule is Cc1ccc(C(=O)NCc2ccc(-c3nc4ccccc4s3)o2)cc1NS(C)(=O)=O. The van der Waals surface area contributed by atoms with Gasteiger partial charge in [-0.3, -0.25) is 9.52 Å². The molecule has 0 radical (unpaired) electrons. The Morgan fingerprint density at radius 3 is 2.70 bits per heavy atom. The Bertz CT molecular complexity index is 1310. The quantitative estimate of drug-likeness (QED) is 0.468. The molecule has 0 fully saturated rings. The third-order valence-corrected chi connectivity index (χ3v) is 6.03. The van der Waals surface area contributed by atoms with Gasteiger partial charge in [0.2, 0.25) is 10.0 Å². The van der Waals surface area contributed by atoms with Crippen molar-refractivity contribution in [3.63, 3.8) is 0 Å². The predicted octanol–water partition coefficient (Wildman–Crippen LogP) is 4.17. The van der Waals surface area contributed by atoms with Gasteiger partial charge in [0.25, 0.3) is 5.91 Å². The molecule has 2 heterocycles. The number of aromatic nitrogens is 1. The highest BCUT2D eigenvalue weighted by molar-refractivity contribution is 7.92. The fraction of sp³-hybridized carbons (Fsp3) is 0.143. The van der Waals surface area contributed by atoms with Gasteiger partial charge in [-0.1, -0.05) is 18.2 Å². The highest BCUT2D eigenvalue weighted by Gasteiger charge is 2.13. The number of benzene rings is 2. The number of carbonyl (C=O) groups is 1. The lowest BCUT2D eigenvalue weighted by atomic mass is 10.1. The van der Waals surface area contributed by atoms with E-state index in [2.05, 4.69) is 15.0 Å². The molecule has 0 aliphatic rings. The van der Waals surface area contributed by atoms with Crippen LogP contribution in [0.4, 0.5) is 5.69 Å². The maximum Gasteiger partial charge on any atom is 0.251 e. The molecule has 0 aliphatic heterocycles. The number of carbonyl (C=O) groups excluding carboxylic acids is 1. The van der Waals surface area contributed by atoms with E-state index in [0.29, 0.717) is 22.8 Å². The van der Waals surface area contributed by atoms with Gasteiger partial charge < -0.3 is 9.73 Å². The summed E-state index contributed by atoms with van der Waals surface area (Å²) in [5.41, 5.74) is 2.37. The monoisotopic (exact) mass is 441 g/mol. The van der Waals surface area contributed by atoms with E-state index in [1.807, 2.05) is 30.3 Å². The lowest BCUT2D eigenvalue weighted by Crippen LogP contribution is -2.23. The molecule has 0 unspecified atom stereocenters. The number of aryl methyl sites for hydroxylation is 1. The van der Waals surface area contributed by atoms with Crippen molar-refractivity contribution in [2.24, 2.45) is 0 Å². The minimum Gasteiger partial charge on any atom is -0.457 e. The maximum absolute atomic E-state index is 12.5. The van der Waals surface area contributed by atoms with Gasteiger partial charge in [0, 0.05) is 5.56 Å². The summed E-state index contributed by atoms with van der Waals surface area (Å²) in [5, 5.41) is 3.57. The largest absolute Gasteiger partial charge is 0.457 e. The average Bonchev–Trinajstić information content (AvgIpc) is 3.33. The smallest absolute Gasteiger partial charge is 0.251 e. The van der Waals surface area contributed by atoms with Gasteiger partial charge in [-0.25, -0.2) is 13.4 Å². The van der Waals surface area contributed by atoms with Gasteiger partial charge in [0.05, 0.1) is 28.7 Å². The molecule has 0 saturated heterocycles. The van der Waals surface area contributed by atoms with Crippen molar-refractivity contribution in [3.05, 3.63) is 71.5 Å². The third-order valence-electron chi connectivity index (χ3n) is 4.38. The van der Waals surface area contributed by atoms with E-state index >= 15 is 0 Å². The fourth-order valence-corrected chi connectivity index (χ4v) is 4.45. The highest BCUT2D eigenvalue weighted by atomic mass is 32.2.